The zero-order valence-corrected chi connectivity index (χ0v) is 5.22. The molecule has 9 heavy (non-hydrogen) atoms. The Kier molecular flexibility index (Phi) is 2.51. The summed E-state index contributed by atoms with van der Waals surface area (Å²) in [5, 5.41) is 8.27. The molecule has 0 rings (SSSR count). The molecule has 0 aromatic rings. The first kappa shape index (κ1) is 7.75. The zero-order chi connectivity index (χ0) is 7.44. The van der Waals surface area contributed by atoms with Gasteiger partial charge in [0.25, 0.3) is 0 Å². The van der Waals surface area contributed by atoms with Gasteiger partial charge in [-0.25, -0.2) is 4.79 Å². The minimum absolute atomic E-state index is 0.197. The number of rotatable bonds is 2. The van der Waals surface area contributed by atoms with Gasteiger partial charge in [0.05, 0.1) is 0 Å². The molecular formula is C6H9NO2. The Hall–Kier alpha value is -1.25. The van der Waals surface area contributed by atoms with E-state index in [0.717, 1.165) is 0 Å². The number of hydrogen-bond donors (Lipinski definition) is 2. The largest absolute Gasteiger partial charge is 0.478 e. The van der Waals surface area contributed by atoms with Gasteiger partial charge in [0.2, 0.25) is 0 Å². The van der Waals surface area contributed by atoms with Gasteiger partial charge >= 0.3 is 5.97 Å². The van der Waals surface area contributed by atoms with Crippen molar-refractivity contribution >= 4 is 5.97 Å². The van der Waals surface area contributed by atoms with Crippen LogP contribution in [0.2, 0.25) is 0 Å². The second kappa shape index (κ2) is 2.91. The molecule has 0 heterocycles. The monoisotopic (exact) mass is 127 g/mol. The average Bonchev–Trinajstić information content (AvgIpc) is 1.63. The van der Waals surface area contributed by atoms with Crippen LogP contribution in [0.1, 0.15) is 6.92 Å². The molecule has 3 heteroatoms. The summed E-state index contributed by atoms with van der Waals surface area (Å²) in [6.07, 6.45) is 1.31. The van der Waals surface area contributed by atoms with E-state index < -0.39 is 5.97 Å². The highest BCUT2D eigenvalue weighted by Crippen LogP contribution is 1.93. The van der Waals surface area contributed by atoms with Crippen LogP contribution < -0.4 is 5.73 Å². The molecule has 0 saturated carbocycles. The van der Waals surface area contributed by atoms with Crippen molar-refractivity contribution in [3.05, 3.63) is 23.9 Å². The lowest BCUT2D eigenvalue weighted by atomic mass is 10.2. The number of carboxylic acids is 1. The second-order valence-electron chi connectivity index (χ2n) is 1.71. The Balaban J connectivity index is 4.17. The third kappa shape index (κ3) is 3.34. The fourth-order valence-corrected chi connectivity index (χ4v) is 0.340. The van der Waals surface area contributed by atoms with E-state index in [0.29, 0.717) is 0 Å². The van der Waals surface area contributed by atoms with Crippen LogP contribution in [-0.4, -0.2) is 11.1 Å². The van der Waals surface area contributed by atoms with Gasteiger partial charge in [0.1, 0.15) is 0 Å². The lowest BCUT2D eigenvalue weighted by molar-refractivity contribution is -0.132. The molecule has 0 spiro atoms. The van der Waals surface area contributed by atoms with Gasteiger partial charge < -0.3 is 10.8 Å². The second-order valence-corrected chi connectivity index (χ2v) is 1.71. The molecule has 0 amide bonds. The van der Waals surface area contributed by atoms with E-state index in [2.05, 4.69) is 6.58 Å². The number of hydrogen-bond acceptors (Lipinski definition) is 2. The molecule has 0 aliphatic carbocycles. The van der Waals surface area contributed by atoms with Crippen molar-refractivity contribution < 1.29 is 9.90 Å². The van der Waals surface area contributed by atoms with E-state index in [1.165, 1.54) is 13.0 Å². The molecule has 0 aliphatic rings. The van der Waals surface area contributed by atoms with Gasteiger partial charge in [-0.3, -0.25) is 0 Å². The standard InChI is InChI=1S/C6H9NO2/c1-4(6(8)9)3-5(2)7/h3H,2,7H2,1H3,(H,8,9)/b4-3-. The fraction of sp³-hybridized carbons (Fsp3) is 0.167. The molecular weight excluding hydrogens is 118 g/mol. The summed E-state index contributed by atoms with van der Waals surface area (Å²) in [4.78, 5) is 10.1. The first-order valence-corrected chi connectivity index (χ1v) is 2.40. The molecule has 0 atom stereocenters. The molecule has 0 aliphatic heterocycles. The Bertz CT molecular complexity index is 170. The Morgan fingerprint density at radius 1 is 1.78 bits per heavy atom. The van der Waals surface area contributed by atoms with Crippen molar-refractivity contribution in [3.8, 4) is 0 Å². The van der Waals surface area contributed by atoms with E-state index in [9.17, 15) is 4.79 Å². The highest BCUT2D eigenvalue weighted by molar-refractivity contribution is 5.86. The summed E-state index contributed by atoms with van der Waals surface area (Å²) < 4.78 is 0. The predicted octanol–water partition coefficient (Wildman–Crippen LogP) is 0.490. The van der Waals surface area contributed by atoms with E-state index in [4.69, 9.17) is 10.8 Å². The Morgan fingerprint density at radius 3 is 2.33 bits per heavy atom. The van der Waals surface area contributed by atoms with Crippen molar-refractivity contribution in [2.24, 2.45) is 5.73 Å². The maximum atomic E-state index is 10.1. The fourth-order valence-electron chi connectivity index (χ4n) is 0.340. The van der Waals surface area contributed by atoms with Crippen LogP contribution in [0.4, 0.5) is 0 Å². The van der Waals surface area contributed by atoms with Crippen LogP contribution in [0.5, 0.6) is 0 Å². The number of nitrogens with two attached hydrogens (primary N) is 1. The third-order valence-electron chi connectivity index (χ3n) is 0.739. The Morgan fingerprint density at radius 2 is 2.22 bits per heavy atom. The van der Waals surface area contributed by atoms with Gasteiger partial charge in [-0.05, 0) is 13.0 Å². The molecule has 0 saturated heterocycles. The van der Waals surface area contributed by atoms with Crippen molar-refractivity contribution in [3.63, 3.8) is 0 Å². The Labute approximate surface area is 53.5 Å². The highest BCUT2D eigenvalue weighted by atomic mass is 16.4. The van der Waals surface area contributed by atoms with E-state index in [-0.39, 0.29) is 11.3 Å². The normalized spacial score (nSPS) is 11.0. The number of carboxylic acid groups (broad SMARTS) is 1. The molecule has 0 aromatic carbocycles. The summed E-state index contributed by atoms with van der Waals surface area (Å²) in [5.41, 5.74) is 5.55. The predicted molar refractivity (Wildman–Crippen MR) is 34.7 cm³/mol. The summed E-state index contributed by atoms with van der Waals surface area (Å²) >= 11 is 0. The summed E-state index contributed by atoms with van der Waals surface area (Å²) in [5.74, 6) is -0.971. The van der Waals surface area contributed by atoms with Crippen molar-refractivity contribution in [2.45, 2.75) is 6.92 Å². The quantitative estimate of drug-likeness (QED) is 0.419. The van der Waals surface area contributed by atoms with Crippen LogP contribution in [0.25, 0.3) is 0 Å². The van der Waals surface area contributed by atoms with Crippen LogP contribution >= 0.6 is 0 Å². The lowest BCUT2D eigenvalue weighted by Crippen LogP contribution is -1.99. The van der Waals surface area contributed by atoms with E-state index in [1.54, 1.807) is 0 Å². The van der Waals surface area contributed by atoms with Crippen LogP contribution in [0, 0.1) is 0 Å². The smallest absolute Gasteiger partial charge is 0.331 e. The average molecular weight is 127 g/mol. The molecule has 0 unspecified atom stereocenters. The molecule has 0 radical (unpaired) electrons. The van der Waals surface area contributed by atoms with Gasteiger partial charge in [-0.2, -0.15) is 0 Å². The first-order valence-electron chi connectivity index (χ1n) is 2.40. The van der Waals surface area contributed by atoms with Crippen LogP contribution in [0.15, 0.2) is 23.9 Å². The summed E-state index contributed by atoms with van der Waals surface area (Å²) in [6.45, 7) is 4.77. The number of carbonyl (C=O) groups is 1. The summed E-state index contributed by atoms with van der Waals surface area (Å²) in [6, 6.07) is 0. The molecule has 3 N–H and O–H groups in total. The maximum Gasteiger partial charge on any atom is 0.331 e. The molecule has 50 valence electrons. The third-order valence-corrected chi connectivity index (χ3v) is 0.739. The molecule has 0 bridgehead atoms. The van der Waals surface area contributed by atoms with Crippen molar-refractivity contribution in [2.75, 3.05) is 0 Å². The molecule has 0 fully saturated rings. The first-order chi connectivity index (χ1) is 4.04. The molecule has 3 nitrogen and oxygen atoms in total. The van der Waals surface area contributed by atoms with Crippen molar-refractivity contribution in [1.82, 2.24) is 0 Å². The highest BCUT2D eigenvalue weighted by Gasteiger charge is 1.96. The number of aliphatic carboxylic acids is 1. The maximum absolute atomic E-state index is 10.1. The summed E-state index contributed by atoms with van der Waals surface area (Å²) in [7, 11) is 0. The number of allylic oxidation sites excluding steroid dienone is 1. The van der Waals surface area contributed by atoms with E-state index >= 15 is 0 Å². The van der Waals surface area contributed by atoms with Crippen LogP contribution in [-0.2, 0) is 4.79 Å². The minimum Gasteiger partial charge on any atom is -0.478 e. The topological polar surface area (TPSA) is 63.3 Å². The zero-order valence-electron chi connectivity index (χ0n) is 5.22. The van der Waals surface area contributed by atoms with Gasteiger partial charge in [0, 0.05) is 11.3 Å². The SMILES string of the molecule is C=C(N)/C=C(/C)C(=O)O. The van der Waals surface area contributed by atoms with Gasteiger partial charge in [0.15, 0.2) is 0 Å². The minimum atomic E-state index is -0.971. The van der Waals surface area contributed by atoms with Crippen LogP contribution in [0.3, 0.4) is 0 Å². The molecule has 0 aromatic heterocycles. The van der Waals surface area contributed by atoms with Gasteiger partial charge in [-0.1, -0.05) is 6.58 Å². The van der Waals surface area contributed by atoms with Gasteiger partial charge in [-0.15, -0.1) is 0 Å². The van der Waals surface area contributed by atoms with E-state index in [1.807, 2.05) is 0 Å². The lowest BCUT2D eigenvalue weighted by Gasteiger charge is -1.90. The van der Waals surface area contributed by atoms with Crippen molar-refractivity contribution in [1.29, 1.82) is 0 Å².